The van der Waals surface area contributed by atoms with Gasteiger partial charge in [-0.05, 0) is 19.1 Å². The summed E-state index contributed by atoms with van der Waals surface area (Å²) in [4.78, 5) is 4.06. The van der Waals surface area contributed by atoms with Crippen LogP contribution in [0.4, 0.5) is 10.2 Å². The van der Waals surface area contributed by atoms with Gasteiger partial charge in [0.05, 0.1) is 6.54 Å². The Balaban J connectivity index is 2.41. The van der Waals surface area contributed by atoms with Crippen molar-refractivity contribution < 1.29 is 9.07 Å². The molecule has 0 spiro atoms. The lowest BCUT2D eigenvalue weighted by molar-refractivity contribution is -0.684. The van der Waals surface area contributed by atoms with Crippen LogP contribution < -0.4 is 9.69 Å². The van der Waals surface area contributed by atoms with Crippen molar-refractivity contribution in [1.82, 2.24) is 4.98 Å². The van der Waals surface area contributed by atoms with Crippen LogP contribution in [0.2, 0.25) is 0 Å². The van der Waals surface area contributed by atoms with Crippen LogP contribution in [0.1, 0.15) is 6.92 Å². The first-order chi connectivity index (χ1) is 7.83. The van der Waals surface area contributed by atoms with E-state index < -0.39 is 0 Å². The summed E-state index contributed by atoms with van der Waals surface area (Å²) in [6.45, 7) is 2.59. The van der Waals surface area contributed by atoms with Gasteiger partial charge in [-0.15, -0.1) is 5.01 Å². The Hall–Kier alpha value is -1.97. The van der Waals surface area contributed by atoms with Crippen LogP contribution in [0.3, 0.4) is 0 Å². The lowest BCUT2D eigenvalue weighted by Crippen LogP contribution is -2.54. The molecule has 0 fully saturated rings. The second-order valence-corrected chi connectivity index (χ2v) is 3.28. The van der Waals surface area contributed by atoms with Gasteiger partial charge in [-0.2, -0.15) is 0 Å². The van der Waals surface area contributed by atoms with E-state index in [-0.39, 0.29) is 5.82 Å². The van der Waals surface area contributed by atoms with Crippen molar-refractivity contribution in [3.05, 3.63) is 54.7 Å². The summed E-state index contributed by atoms with van der Waals surface area (Å²) in [5.41, 5.74) is 0. The smallest absolute Gasteiger partial charge is 0.224 e. The van der Waals surface area contributed by atoms with Crippen LogP contribution in [0.15, 0.2) is 48.9 Å². The molecule has 0 saturated carbocycles. The Bertz CT molecular complexity index is 459. The monoisotopic (exact) mass is 218 g/mol. The summed E-state index contributed by atoms with van der Waals surface area (Å²) in [6, 6.07) is 8.70. The molecule has 4 heteroatoms. The van der Waals surface area contributed by atoms with E-state index >= 15 is 0 Å². The Morgan fingerprint density at radius 3 is 2.62 bits per heavy atom. The van der Waals surface area contributed by atoms with Gasteiger partial charge in [0.1, 0.15) is 0 Å². The number of aromatic nitrogens is 2. The molecule has 0 aliphatic carbocycles. The number of rotatable bonds is 3. The van der Waals surface area contributed by atoms with Gasteiger partial charge in [0, 0.05) is 18.3 Å². The van der Waals surface area contributed by atoms with Gasteiger partial charge < -0.3 is 0 Å². The first-order valence-electron chi connectivity index (χ1n) is 5.17. The normalized spacial score (nSPS) is 10.1. The van der Waals surface area contributed by atoms with E-state index in [2.05, 4.69) is 4.98 Å². The Morgan fingerprint density at radius 2 is 2.00 bits per heavy atom. The molecular formula is C12H13FN3+. The minimum atomic E-state index is -0.319. The highest BCUT2D eigenvalue weighted by atomic mass is 19.1. The molecule has 0 aliphatic rings. The molecule has 3 nitrogen and oxygen atoms in total. The van der Waals surface area contributed by atoms with E-state index in [0.29, 0.717) is 12.4 Å². The molecule has 2 heterocycles. The first-order valence-corrected chi connectivity index (χ1v) is 5.17. The number of hydrogen-bond acceptors (Lipinski definition) is 2. The van der Waals surface area contributed by atoms with Crippen LogP contribution in [0, 0.1) is 5.82 Å². The van der Waals surface area contributed by atoms with Gasteiger partial charge in [-0.1, -0.05) is 10.7 Å². The largest absolute Gasteiger partial charge is 0.232 e. The van der Waals surface area contributed by atoms with Crippen molar-refractivity contribution >= 4 is 5.82 Å². The van der Waals surface area contributed by atoms with Crippen molar-refractivity contribution in [3.8, 4) is 0 Å². The number of halogens is 1. The molecule has 0 unspecified atom stereocenters. The Labute approximate surface area is 93.8 Å². The molecular weight excluding hydrogens is 205 g/mol. The van der Waals surface area contributed by atoms with E-state index in [4.69, 9.17) is 0 Å². The maximum absolute atomic E-state index is 13.6. The highest BCUT2D eigenvalue weighted by Crippen LogP contribution is 2.12. The highest BCUT2D eigenvalue weighted by molar-refractivity contribution is 5.35. The zero-order valence-electron chi connectivity index (χ0n) is 9.05. The summed E-state index contributed by atoms with van der Waals surface area (Å²) in [6.07, 6.45) is 5.31. The van der Waals surface area contributed by atoms with Gasteiger partial charge in [0.25, 0.3) is 0 Å². The third kappa shape index (κ3) is 2.00. The van der Waals surface area contributed by atoms with Crippen LogP contribution in [0.25, 0.3) is 0 Å². The molecule has 0 aromatic carbocycles. The molecule has 0 radical (unpaired) electrons. The van der Waals surface area contributed by atoms with E-state index in [9.17, 15) is 4.39 Å². The molecule has 82 valence electrons. The number of hydrogen-bond donors (Lipinski definition) is 0. The van der Waals surface area contributed by atoms with Crippen molar-refractivity contribution in [3.63, 3.8) is 0 Å². The third-order valence-electron chi connectivity index (χ3n) is 2.26. The van der Waals surface area contributed by atoms with Gasteiger partial charge in [0.15, 0.2) is 18.2 Å². The first kappa shape index (κ1) is 10.5. The van der Waals surface area contributed by atoms with Gasteiger partial charge >= 0.3 is 0 Å². The van der Waals surface area contributed by atoms with E-state index in [1.165, 1.54) is 6.07 Å². The van der Waals surface area contributed by atoms with Crippen LogP contribution >= 0.6 is 0 Å². The minimum absolute atomic E-state index is 0.319. The van der Waals surface area contributed by atoms with E-state index in [0.717, 1.165) is 0 Å². The second-order valence-electron chi connectivity index (χ2n) is 3.28. The van der Waals surface area contributed by atoms with Crippen molar-refractivity contribution in [2.24, 2.45) is 0 Å². The number of anilines is 1. The lowest BCUT2D eigenvalue weighted by Gasteiger charge is -2.14. The fraction of sp³-hybridized carbons (Fsp3) is 0.167. The van der Waals surface area contributed by atoms with E-state index in [1.54, 1.807) is 17.3 Å². The summed E-state index contributed by atoms with van der Waals surface area (Å²) in [7, 11) is 0. The fourth-order valence-corrected chi connectivity index (χ4v) is 1.54. The summed E-state index contributed by atoms with van der Waals surface area (Å²) >= 11 is 0. The highest BCUT2D eigenvalue weighted by Gasteiger charge is 2.18. The summed E-state index contributed by atoms with van der Waals surface area (Å²) in [5, 5.41) is 1.76. The van der Waals surface area contributed by atoms with Crippen molar-refractivity contribution in [2.75, 3.05) is 11.6 Å². The van der Waals surface area contributed by atoms with Gasteiger partial charge in [-0.25, -0.2) is 9.37 Å². The quantitative estimate of drug-likeness (QED) is 0.732. The standard InChI is InChI=1S/C12H13FN3/c1-2-16(15-9-4-3-5-10-15)12-11(13)7-6-8-14-12/h3-10H,2H2,1H3/q+1. The Kier molecular flexibility index (Phi) is 3.10. The molecule has 16 heavy (non-hydrogen) atoms. The maximum atomic E-state index is 13.6. The molecule has 0 N–H and O–H groups in total. The van der Waals surface area contributed by atoms with Crippen LogP contribution in [-0.4, -0.2) is 11.5 Å². The van der Waals surface area contributed by atoms with Gasteiger partial charge in [-0.3, -0.25) is 0 Å². The lowest BCUT2D eigenvalue weighted by atomic mass is 10.4. The topological polar surface area (TPSA) is 20.0 Å². The fourth-order valence-electron chi connectivity index (χ4n) is 1.54. The average Bonchev–Trinajstić information content (AvgIpc) is 2.34. The zero-order valence-corrected chi connectivity index (χ0v) is 9.05. The summed E-state index contributed by atoms with van der Waals surface area (Å²) < 4.78 is 15.4. The predicted molar refractivity (Wildman–Crippen MR) is 59.3 cm³/mol. The van der Waals surface area contributed by atoms with Crippen LogP contribution in [-0.2, 0) is 0 Å². The molecule has 2 aromatic heterocycles. The third-order valence-corrected chi connectivity index (χ3v) is 2.26. The SMILES string of the molecule is CCN(c1ncccc1F)[n+]1ccccc1. The molecule has 0 saturated heterocycles. The Morgan fingerprint density at radius 1 is 1.25 bits per heavy atom. The van der Waals surface area contributed by atoms with E-state index in [1.807, 2.05) is 42.2 Å². The molecule has 0 bridgehead atoms. The predicted octanol–water partition coefficient (Wildman–Crippen LogP) is 1.80. The average molecular weight is 218 g/mol. The van der Waals surface area contributed by atoms with Gasteiger partial charge in [0.2, 0.25) is 5.82 Å². The number of pyridine rings is 2. The zero-order chi connectivity index (χ0) is 11.4. The molecule has 2 aromatic rings. The molecule has 0 aliphatic heterocycles. The van der Waals surface area contributed by atoms with Crippen LogP contribution in [0.5, 0.6) is 0 Å². The molecule has 0 amide bonds. The van der Waals surface area contributed by atoms with Crippen molar-refractivity contribution in [2.45, 2.75) is 6.92 Å². The molecule has 2 rings (SSSR count). The second kappa shape index (κ2) is 4.70. The van der Waals surface area contributed by atoms with Crippen molar-refractivity contribution in [1.29, 1.82) is 0 Å². The number of nitrogens with zero attached hydrogens (tertiary/aromatic N) is 3. The maximum Gasteiger partial charge on any atom is 0.224 e. The summed E-state index contributed by atoms with van der Waals surface area (Å²) in [5.74, 6) is 0.0157. The minimum Gasteiger partial charge on any atom is -0.232 e. The molecule has 0 atom stereocenters.